The van der Waals surface area contributed by atoms with Gasteiger partial charge in [-0.3, -0.25) is 14.5 Å². The molecule has 0 aromatic carbocycles. The monoisotopic (exact) mass is 403 g/mol. The van der Waals surface area contributed by atoms with Crippen LogP contribution in [-0.2, 0) is 33.3 Å². The van der Waals surface area contributed by atoms with Gasteiger partial charge in [-0.15, -0.1) is 0 Å². The lowest BCUT2D eigenvalue weighted by atomic mass is 9.94. The third-order valence-electron chi connectivity index (χ3n) is 4.34. The summed E-state index contributed by atoms with van der Waals surface area (Å²) in [6.45, 7) is 12.6. The van der Waals surface area contributed by atoms with Crippen LogP contribution >= 0.6 is 0 Å². The highest BCUT2D eigenvalue weighted by Crippen LogP contribution is 2.25. The summed E-state index contributed by atoms with van der Waals surface area (Å²) in [5.41, 5.74) is 0. The minimum atomic E-state index is -0.186. The van der Waals surface area contributed by atoms with E-state index in [0.717, 1.165) is 0 Å². The van der Waals surface area contributed by atoms with Crippen LogP contribution in [0.5, 0.6) is 0 Å². The molecular formula is C20H37NO7. The Balaban J connectivity index is 1.86. The minimum Gasteiger partial charge on any atom is -0.377 e. The van der Waals surface area contributed by atoms with Crippen molar-refractivity contribution in [2.75, 3.05) is 66.0 Å². The molecule has 0 bridgehead atoms. The number of ether oxygens (including phenoxy) is 5. The van der Waals surface area contributed by atoms with E-state index < -0.39 is 0 Å². The highest BCUT2D eigenvalue weighted by molar-refractivity contribution is 6.03. The highest BCUT2D eigenvalue weighted by atomic mass is 16.6. The molecule has 0 aromatic heterocycles. The largest absolute Gasteiger partial charge is 0.377 e. The molecule has 1 aliphatic heterocycles. The van der Waals surface area contributed by atoms with Crippen molar-refractivity contribution in [2.45, 2.75) is 40.2 Å². The van der Waals surface area contributed by atoms with Crippen LogP contribution in [0.1, 0.15) is 34.1 Å². The van der Waals surface area contributed by atoms with Crippen LogP contribution < -0.4 is 0 Å². The zero-order valence-corrected chi connectivity index (χ0v) is 17.8. The van der Waals surface area contributed by atoms with Gasteiger partial charge in [-0.25, -0.2) is 0 Å². The first-order valence-corrected chi connectivity index (χ1v) is 10.2. The minimum absolute atomic E-state index is 0.0755. The average molecular weight is 404 g/mol. The summed E-state index contributed by atoms with van der Waals surface area (Å²) in [7, 11) is 0. The molecule has 164 valence electrons. The van der Waals surface area contributed by atoms with Crippen LogP contribution in [0.25, 0.3) is 0 Å². The number of likely N-dealkylation sites (tertiary alicyclic amines) is 1. The van der Waals surface area contributed by atoms with Gasteiger partial charge in [0.1, 0.15) is 0 Å². The summed E-state index contributed by atoms with van der Waals surface area (Å²) in [5.74, 6) is -0.177. The fourth-order valence-corrected chi connectivity index (χ4v) is 2.72. The SMILES string of the molecule is CC(C)OCCOCCOCCOCCOCCN1C(=O)CC(C(C)C)C1=O. The molecule has 0 aromatic rings. The van der Waals surface area contributed by atoms with E-state index in [-0.39, 0.29) is 29.8 Å². The standard InChI is InChI=1S/C20H37NO7/c1-16(2)18-15-19(22)21(20(18)23)5-6-24-7-8-25-9-10-26-11-12-27-13-14-28-17(3)4/h16-18H,5-15H2,1-4H3. The maximum atomic E-state index is 12.1. The number of carbonyl (C=O) groups is 2. The molecule has 1 fully saturated rings. The second-order valence-corrected chi connectivity index (χ2v) is 7.31. The zero-order chi connectivity index (χ0) is 20.8. The number of carbonyl (C=O) groups excluding carboxylic acids is 2. The Kier molecular flexibility index (Phi) is 13.3. The second kappa shape index (κ2) is 14.9. The third-order valence-corrected chi connectivity index (χ3v) is 4.34. The predicted octanol–water partition coefficient (Wildman–Crippen LogP) is 1.51. The van der Waals surface area contributed by atoms with Crippen molar-refractivity contribution in [1.29, 1.82) is 0 Å². The molecular weight excluding hydrogens is 366 g/mol. The molecule has 0 aliphatic carbocycles. The van der Waals surface area contributed by atoms with E-state index in [1.54, 1.807) is 0 Å². The Bertz CT molecular complexity index is 442. The van der Waals surface area contributed by atoms with Crippen molar-refractivity contribution in [2.24, 2.45) is 11.8 Å². The summed E-state index contributed by atoms with van der Waals surface area (Å²) in [5, 5.41) is 0. The molecule has 1 saturated heterocycles. The van der Waals surface area contributed by atoms with Crippen LogP contribution in [0.3, 0.4) is 0 Å². The van der Waals surface area contributed by atoms with E-state index in [2.05, 4.69) is 0 Å². The van der Waals surface area contributed by atoms with Crippen LogP contribution in [0.2, 0.25) is 0 Å². The molecule has 0 N–H and O–H groups in total. The van der Waals surface area contributed by atoms with Crippen LogP contribution in [0.4, 0.5) is 0 Å². The molecule has 28 heavy (non-hydrogen) atoms. The predicted molar refractivity (Wildman–Crippen MR) is 104 cm³/mol. The van der Waals surface area contributed by atoms with Crippen molar-refractivity contribution in [3.05, 3.63) is 0 Å². The topological polar surface area (TPSA) is 83.5 Å². The third kappa shape index (κ3) is 10.5. The fraction of sp³-hybridized carbons (Fsp3) is 0.900. The number of rotatable bonds is 17. The zero-order valence-electron chi connectivity index (χ0n) is 17.8. The molecule has 1 heterocycles. The molecule has 1 rings (SSSR count). The Labute approximate surface area is 168 Å². The van der Waals surface area contributed by atoms with Gasteiger partial charge >= 0.3 is 0 Å². The molecule has 0 saturated carbocycles. The number of amides is 2. The van der Waals surface area contributed by atoms with E-state index in [1.165, 1.54) is 4.90 Å². The summed E-state index contributed by atoms with van der Waals surface area (Å²) in [6.07, 6.45) is 0.541. The lowest BCUT2D eigenvalue weighted by Crippen LogP contribution is -2.34. The van der Waals surface area contributed by atoms with E-state index in [0.29, 0.717) is 72.4 Å². The van der Waals surface area contributed by atoms with Crippen molar-refractivity contribution in [3.63, 3.8) is 0 Å². The first kappa shape index (κ1) is 25.0. The fourth-order valence-electron chi connectivity index (χ4n) is 2.72. The molecule has 0 radical (unpaired) electrons. The number of imide groups is 1. The van der Waals surface area contributed by atoms with Gasteiger partial charge in [0.25, 0.3) is 0 Å². The Morgan fingerprint density at radius 1 is 0.786 bits per heavy atom. The summed E-state index contributed by atoms with van der Waals surface area (Å²) < 4.78 is 27.0. The van der Waals surface area contributed by atoms with Crippen molar-refractivity contribution in [3.8, 4) is 0 Å². The van der Waals surface area contributed by atoms with Crippen molar-refractivity contribution >= 4 is 11.8 Å². The molecule has 0 spiro atoms. The highest BCUT2D eigenvalue weighted by Gasteiger charge is 2.39. The summed E-state index contributed by atoms with van der Waals surface area (Å²) >= 11 is 0. The van der Waals surface area contributed by atoms with Crippen LogP contribution in [-0.4, -0.2) is 88.8 Å². The van der Waals surface area contributed by atoms with Crippen molar-refractivity contribution in [1.82, 2.24) is 4.90 Å². The Morgan fingerprint density at radius 2 is 1.25 bits per heavy atom. The lowest BCUT2D eigenvalue weighted by molar-refractivity contribution is -0.140. The van der Waals surface area contributed by atoms with Gasteiger partial charge in [0.05, 0.1) is 72.1 Å². The van der Waals surface area contributed by atoms with Gasteiger partial charge in [-0.05, 0) is 19.8 Å². The van der Waals surface area contributed by atoms with E-state index in [9.17, 15) is 9.59 Å². The smallest absolute Gasteiger partial charge is 0.233 e. The lowest BCUT2D eigenvalue weighted by Gasteiger charge is -2.16. The van der Waals surface area contributed by atoms with Gasteiger partial charge in [0.15, 0.2) is 0 Å². The normalized spacial score (nSPS) is 17.5. The van der Waals surface area contributed by atoms with E-state index >= 15 is 0 Å². The molecule has 1 atom stereocenters. The molecule has 2 amide bonds. The van der Waals surface area contributed by atoms with Gasteiger partial charge in [0, 0.05) is 12.3 Å². The first-order valence-electron chi connectivity index (χ1n) is 10.2. The summed E-state index contributed by atoms with van der Waals surface area (Å²) in [4.78, 5) is 25.3. The molecule has 8 heteroatoms. The maximum absolute atomic E-state index is 12.1. The van der Waals surface area contributed by atoms with Gasteiger partial charge < -0.3 is 23.7 Å². The van der Waals surface area contributed by atoms with Gasteiger partial charge in [-0.1, -0.05) is 13.8 Å². The van der Waals surface area contributed by atoms with Crippen LogP contribution in [0.15, 0.2) is 0 Å². The Hall–Kier alpha value is -1.06. The molecule has 1 unspecified atom stereocenters. The maximum Gasteiger partial charge on any atom is 0.233 e. The van der Waals surface area contributed by atoms with Crippen LogP contribution in [0, 0.1) is 11.8 Å². The summed E-state index contributed by atoms with van der Waals surface area (Å²) in [6, 6.07) is 0. The number of hydrogen-bond acceptors (Lipinski definition) is 7. The Morgan fingerprint density at radius 3 is 1.68 bits per heavy atom. The van der Waals surface area contributed by atoms with Crippen molar-refractivity contribution < 1.29 is 33.3 Å². The first-order chi connectivity index (χ1) is 13.4. The molecule has 8 nitrogen and oxygen atoms in total. The number of hydrogen-bond donors (Lipinski definition) is 0. The average Bonchev–Trinajstić information content (AvgIpc) is 2.92. The number of nitrogens with zero attached hydrogens (tertiary/aromatic N) is 1. The van der Waals surface area contributed by atoms with Gasteiger partial charge in [-0.2, -0.15) is 0 Å². The quantitative estimate of drug-likeness (QED) is 0.269. The van der Waals surface area contributed by atoms with E-state index in [1.807, 2.05) is 27.7 Å². The van der Waals surface area contributed by atoms with E-state index in [4.69, 9.17) is 23.7 Å². The van der Waals surface area contributed by atoms with Gasteiger partial charge in [0.2, 0.25) is 11.8 Å². The molecule has 1 aliphatic rings. The second-order valence-electron chi connectivity index (χ2n) is 7.31.